The molecule has 5 fully saturated rings. The van der Waals surface area contributed by atoms with Gasteiger partial charge in [-0.25, -0.2) is 0 Å². The van der Waals surface area contributed by atoms with E-state index in [0.29, 0.717) is 23.0 Å². The molecule has 3 nitrogen and oxygen atoms in total. The molecule has 0 saturated heterocycles. The van der Waals surface area contributed by atoms with Crippen LogP contribution in [0.5, 0.6) is 0 Å². The Morgan fingerprint density at radius 2 is 2.00 bits per heavy atom. The molecule has 0 aromatic heterocycles. The van der Waals surface area contributed by atoms with Gasteiger partial charge in [-0.15, -0.1) is 0 Å². The molecule has 5 aliphatic carbocycles. The molecule has 8 atom stereocenters. The third-order valence-corrected chi connectivity index (χ3v) is 7.93. The molecule has 5 rings (SSSR count). The first-order valence-electron chi connectivity index (χ1n) is 8.22. The number of carbonyl (C=O) groups is 1. The first-order valence-corrected chi connectivity index (χ1v) is 9.14. The van der Waals surface area contributed by atoms with Crippen molar-refractivity contribution < 1.29 is 14.3 Å². The highest BCUT2D eigenvalue weighted by molar-refractivity contribution is 9.09. The van der Waals surface area contributed by atoms with E-state index in [9.17, 15) is 4.79 Å². The van der Waals surface area contributed by atoms with Crippen molar-refractivity contribution in [2.75, 3.05) is 6.61 Å². The van der Waals surface area contributed by atoms with Gasteiger partial charge in [-0.05, 0) is 68.6 Å². The third kappa shape index (κ3) is 1.78. The van der Waals surface area contributed by atoms with Gasteiger partial charge in [0.2, 0.25) is 0 Å². The molecule has 118 valence electrons. The predicted octanol–water partition coefficient (Wildman–Crippen LogP) is 3.40. The summed E-state index contributed by atoms with van der Waals surface area (Å²) in [6, 6.07) is 0. The zero-order valence-corrected chi connectivity index (χ0v) is 14.9. The van der Waals surface area contributed by atoms with Crippen LogP contribution in [0.3, 0.4) is 0 Å². The van der Waals surface area contributed by atoms with E-state index in [1.54, 1.807) is 0 Å². The quantitative estimate of drug-likeness (QED) is 0.572. The van der Waals surface area contributed by atoms with E-state index in [-0.39, 0.29) is 11.6 Å². The topological polar surface area (TPSA) is 35.5 Å². The van der Waals surface area contributed by atoms with E-state index in [2.05, 4.69) is 36.7 Å². The number of halogens is 1. The van der Waals surface area contributed by atoms with Crippen molar-refractivity contribution in [1.82, 2.24) is 0 Å². The fourth-order valence-electron chi connectivity index (χ4n) is 6.32. The highest BCUT2D eigenvalue weighted by Crippen LogP contribution is 2.89. The summed E-state index contributed by atoms with van der Waals surface area (Å²) in [6.45, 7) is 8.57. The lowest BCUT2D eigenvalue weighted by molar-refractivity contribution is -0.141. The van der Waals surface area contributed by atoms with Crippen molar-refractivity contribution in [2.24, 2.45) is 35.0 Å². The van der Waals surface area contributed by atoms with Crippen LogP contribution in [-0.4, -0.2) is 29.1 Å². The zero-order valence-electron chi connectivity index (χ0n) is 13.3. The summed E-state index contributed by atoms with van der Waals surface area (Å²) in [5.74, 6) is 3.90. The van der Waals surface area contributed by atoms with E-state index in [1.165, 1.54) is 13.3 Å². The van der Waals surface area contributed by atoms with E-state index < -0.39 is 0 Å². The van der Waals surface area contributed by atoms with Crippen LogP contribution in [0.4, 0.5) is 0 Å². The SMILES string of the molecule is CC(=O)OCCC12C(Br)C3C4C[C@H](OC(C)(C)C)C3C1C42. The maximum Gasteiger partial charge on any atom is 0.302 e. The predicted molar refractivity (Wildman–Crippen MR) is 83.1 cm³/mol. The summed E-state index contributed by atoms with van der Waals surface area (Å²) in [7, 11) is 0. The van der Waals surface area contributed by atoms with Gasteiger partial charge in [0.15, 0.2) is 0 Å². The van der Waals surface area contributed by atoms with Crippen molar-refractivity contribution in [3.63, 3.8) is 0 Å². The molecule has 0 aromatic rings. The molecule has 4 heteroatoms. The molecule has 0 aliphatic heterocycles. The first-order chi connectivity index (χ1) is 9.77. The molecule has 7 unspecified atom stereocenters. The molecule has 0 spiro atoms. The minimum atomic E-state index is -0.156. The Kier molecular flexibility index (Phi) is 2.94. The van der Waals surface area contributed by atoms with Crippen molar-refractivity contribution >= 4 is 21.9 Å². The molecule has 0 aromatic carbocycles. The molecule has 0 heterocycles. The van der Waals surface area contributed by atoms with Crippen molar-refractivity contribution in [1.29, 1.82) is 0 Å². The number of esters is 1. The summed E-state index contributed by atoms with van der Waals surface area (Å²) in [4.78, 5) is 11.6. The van der Waals surface area contributed by atoms with Crippen LogP contribution in [0.15, 0.2) is 0 Å². The van der Waals surface area contributed by atoms with Gasteiger partial charge in [0.25, 0.3) is 0 Å². The minimum Gasteiger partial charge on any atom is -0.466 e. The second kappa shape index (κ2) is 4.25. The van der Waals surface area contributed by atoms with Gasteiger partial charge < -0.3 is 9.47 Å². The smallest absolute Gasteiger partial charge is 0.302 e. The Bertz CT molecular complexity index is 481. The molecule has 6 bridgehead atoms. The van der Waals surface area contributed by atoms with Gasteiger partial charge >= 0.3 is 5.97 Å². The average Bonchev–Trinajstić information content (AvgIpc) is 2.57. The number of ether oxygens (including phenoxy) is 2. The van der Waals surface area contributed by atoms with Crippen LogP contribution in [-0.2, 0) is 14.3 Å². The molecule has 5 saturated carbocycles. The Morgan fingerprint density at radius 3 is 2.57 bits per heavy atom. The molecular weight excluding hydrogens is 332 g/mol. The van der Waals surface area contributed by atoms with E-state index in [4.69, 9.17) is 9.47 Å². The van der Waals surface area contributed by atoms with Gasteiger partial charge in [-0.1, -0.05) is 15.9 Å². The number of hydrogen-bond acceptors (Lipinski definition) is 3. The molecule has 0 radical (unpaired) electrons. The fraction of sp³-hybridized carbons (Fsp3) is 0.941. The lowest BCUT2D eigenvalue weighted by Crippen LogP contribution is -2.32. The normalized spacial score (nSPS) is 52.3. The maximum absolute atomic E-state index is 11.0. The highest BCUT2D eigenvalue weighted by atomic mass is 79.9. The standard InChI is InChI=1S/C17H25BrO3/c1-8(19)20-6-5-17-13-9-7-10(21-16(2,3)4)12(14(13)17)11(9)15(17)18/h9-15H,5-7H2,1-4H3/t9?,10-,11?,12?,13?,14?,15?,17?/m0/s1. The molecule has 5 aliphatic rings. The largest absolute Gasteiger partial charge is 0.466 e. The molecule has 0 N–H and O–H groups in total. The summed E-state index contributed by atoms with van der Waals surface area (Å²) in [6.07, 6.45) is 2.72. The Labute approximate surface area is 135 Å². The second-order valence-corrected chi connectivity index (χ2v) is 9.47. The number of carbonyl (C=O) groups excluding carboxylic acids is 1. The lowest BCUT2D eigenvalue weighted by atomic mass is 9.96. The molecule has 0 amide bonds. The number of alkyl halides is 1. The second-order valence-electron chi connectivity index (χ2n) is 8.48. The van der Waals surface area contributed by atoms with Crippen LogP contribution >= 0.6 is 15.9 Å². The number of hydrogen-bond donors (Lipinski definition) is 0. The zero-order chi connectivity index (χ0) is 15.2. The van der Waals surface area contributed by atoms with Crippen molar-refractivity contribution in [3.05, 3.63) is 0 Å². The van der Waals surface area contributed by atoms with Crippen LogP contribution in [0.25, 0.3) is 0 Å². The van der Waals surface area contributed by atoms with Gasteiger partial charge in [-0.3, -0.25) is 4.79 Å². The summed E-state index contributed by atoms with van der Waals surface area (Å²) < 4.78 is 11.6. The summed E-state index contributed by atoms with van der Waals surface area (Å²) in [5.41, 5.74) is 0.363. The van der Waals surface area contributed by atoms with Gasteiger partial charge in [0.05, 0.1) is 18.3 Å². The first kappa shape index (κ1) is 14.5. The van der Waals surface area contributed by atoms with Crippen LogP contribution in [0.2, 0.25) is 0 Å². The minimum absolute atomic E-state index is 0.0450. The highest BCUT2D eigenvalue weighted by Gasteiger charge is 2.88. The van der Waals surface area contributed by atoms with Gasteiger partial charge in [0, 0.05) is 11.8 Å². The lowest BCUT2D eigenvalue weighted by Gasteiger charge is -2.30. The van der Waals surface area contributed by atoms with Crippen LogP contribution in [0.1, 0.15) is 40.5 Å². The number of rotatable bonds is 4. The average molecular weight is 357 g/mol. The van der Waals surface area contributed by atoms with Crippen molar-refractivity contribution in [3.8, 4) is 0 Å². The van der Waals surface area contributed by atoms with Crippen LogP contribution in [0, 0.1) is 35.0 Å². The van der Waals surface area contributed by atoms with Gasteiger partial charge in [-0.2, -0.15) is 0 Å². The molecule has 21 heavy (non-hydrogen) atoms. The van der Waals surface area contributed by atoms with E-state index in [0.717, 1.165) is 36.0 Å². The van der Waals surface area contributed by atoms with Crippen LogP contribution < -0.4 is 0 Å². The Morgan fingerprint density at radius 1 is 1.29 bits per heavy atom. The fourth-order valence-corrected chi connectivity index (χ4v) is 7.90. The van der Waals surface area contributed by atoms with E-state index in [1.807, 2.05) is 0 Å². The van der Waals surface area contributed by atoms with Gasteiger partial charge in [0.1, 0.15) is 0 Å². The Balaban J connectivity index is 1.48. The van der Waals surface area contributed by atoms with Crippen molar-refractivity contribution in [2.45, 2.75) is 57.1 Å². The summed E-state index contributed by atoms with van der Waals surface area (Å²) >= 11 is 4.01. The molecular formula is C17H25BrO3. The Hall–Kier alpha value is -0.0900. The summed E-state index contributed by atoms with van der Waals surface area (Å²) in [5, 5.41) is 0. The van der Waals surface area contributed by atoms with E-state index >= 15 is 0 Å². The monoisotopic (exact) mass is 356 g/mol. The maximum atomic E-state index is 11.0. The third-order valence-electron chi connectivity index (χ3n) is 6.46.